The molecule has 0 saturated heterocycles. The number of nitrogens with two attached hydrogens (primary N) is 1. The molecule has 0 unspecified atom stereocenters. The van der Waals surface area contributed by atoms with Crippen LogP contribution in [0.25, 0.3) is 0 Å². The predicted octanol–water partition coefficient (Wildman–Crippen LogP) is 3.70. The minimum atomic E-state index is -4.11. The van der Waals surface area contributed by atoms with Crippen LogP contribution in [0.15, 0.2) is 83.8 Å². The van der Waals surface area contributed by atoms with Gasteiger partial charge in [-0.15, -0.1) is 0 Å². The first-order chi connectivity index (χ1) is 12.4. The number of nitro groups is 1. The van der Waals surface area contributed by atoms with Crippen LogP contribution in [0, 0.1) is 10.1 Å². The van der Waals surface area contributed by atoms with Gasteiger partial charge >= 0.3 is 0 Å². The fourth-order valence-corrected chi connectivity index (χ4v) is 4.01. The fraction of sp³-hybridized carbons (Fsp3) is 0. The number of para-hydroxylation sites is 2. The normalized spacial score (nSPS) is 11.1. The van der Waals surface area contributed by atoms with Gasteiger partial charge in [-0.05, 0) is 36.4 Å². The van der Waals surface area contributed by atoms with Gasteiger partial charge in [0, 0.05) is 6.07 Å². The lowest BCUT2D eigenvalue weighted by molar-refractivity contribution is -0.384. The van der Waals surface area contributed by atoms with E-state index in [9.17, 15) is 18.5 Å². The van der Waals surface area contributed by atoms with E-state index >= 15 is 0 Å². The molecule has 0 saturated carbocycles. The Hall–Kier alpha value is -3.39. The Labute approximate surface area is 150 Å². The molecule has 0 bridgehead atoms. The highest BCUT2D eigenvalue weighted by Gasteiger charge is 2.28. The number of benzene rings is 3. The van der Waals surface area contributed by atoms with E-state index < -0.39 is 20.6 Å². The maximum Gasteiger partial charge on any atom is 0.293 e. The first-order valence-electron chi connectivity index (χ1n) is 7.60. The average Bonchev–Trinajstić information content (AvgIpc) is 2.63. The molecule has 2 N–H and O–H groups in total. The zero-order valence-electron chi connectivity index (χ0n) is 13.5. The zero-order chi connectivity index (χ0) is 18.7. The minimum absolute atomic E-state index is 0.0973. The molecule has 3 aromatic rings. The zero-order valence-corrected chi connectivity index (χ0v) is 14.3. The fourth-order valence-electron chi connectivity index (χ4n) is 2.50. The van der Waals surface area contributed by atoms with Crippen molar-refractivity contribution in [1.29, 1.82) is 0 Å². The smallest absolute Gasteiger partial charge is 0.293 e. The Balaban J connectivity index is 2.21. The van der Waals surface area contributed by atoms with Crippen molar-refractivity contribution in [2.75, 3.05) is 10.0 Å². The summed E-state index contributed by atoms with van der Waals surface area (Å²) in [6.07, 6.45) is 0. The van der Waals surface area contributed by atoms with E-state index in [1.54, 1.807) is 60.7 Å². The molecule has 26 heavy (non-hydrogen) atoms. The summed E-state index contributed by atoms with van der Waals surface area (Å²) in [6.45, 7) is 0. The number of anilines is 3. The molecule has 0 spiro atoms. The van der Waals surface area contributed by atoms with Crippen LogP contribution in [0.4, 0.5) is 22.7 Å². The van der Waals surface area contributed by atoms with Crippen LogP contribution in [0.3, 0.4) is 0 Å². The van der Waals surface area contributed by atoms with Crippen molar-refractivity contribution in [3.8, 4) is 0 Å². The summed E-state index contributed by atoms with van der Waals surface area (Å²) in [6, 6.07) is 20.5. The molecule has 0 fully saturated rings. The summed E-state index contributed by atoms with van der Waals surface area (Å²) in [7, 11) is -4.11. The van der Waals surface area contributed by atoms with Crippen molar-refractivity contribution in [2.45, 2.75) is 4.90 Å². The largest absolute Gasteiger partial charge is 0.393 e. The third-order valence-corrected chi connectivity index (χ3v) is 5.47. The molecular formula is C18H15N3O4S. The molecule has 0 aliphatic rings. The van der Waals surface area contributed by atoms with Gasteiger partial charge < -0.3 is 5.73 Å². The quantitative estimate of drug-likeness (QED) is 0.419. The number of sulfonamides is 1. The van der Waals surface area contributed by atoms with Crippen molar-refractivity contribution >= 4 is 32.8 Å². The van der Waals surface area contributed by atoms with Crippen LogP contribution in [-0.4, -0.2) is 13.3 Å². The standard InChI is InChI=1S/C18H15N3O4S/c19-17-12-11-16(13-18(17)21(22)23)26(24,25)20(14-7-3-1-4-8-14)15-9-5-2-6-10-15/h1-13H,19H2. The summed E-state index contributed by atoms with van der Waals surface area (Å²) in [5.41, 5.74) is 5.86. The third kappa shape index (κ3) is 3.22. The second kappa shape index (κ2) is 6.85. The summed E-state index contributed by atoms with van der Waals surface area (Å²) in [4.78, 5) is 10.2. The van der Waals surface area contributed by atoms with Crippen LogP contribution < -0.4 is 10.0 Å². The molecule has 0 radical (unpaired) electrons. The van der Waals surface area contributed by atoms with E-state index in [0.717, 1.165) is 10.4 Å². The van der Waals surface area contributed by atoms with Crippen molar-refractivity contribution in [3.05, 3.63) is 89.0 Å². The lowest BCUT2D eigenvalue weighted by atomic mass is 10.3. The first kappa shape index (κ1) is 17.4. The van der Waals surface area contributed by atoms with Gasteiger partial charge in [-0.25, -0.2) is 12.7 Å². The SMILES string of the molecule is Nc1ccc(S(=O)(=O)N(c2ccccc2)c2ccccc2)cc1[N+](=O)[O-]. The highest BCUT2D eigenvalue weighted by atomic mass is 32.2. The van der Waals surface area contributed by atoms with Crippen molar-refractivity contribution < 1.29 is 13.3 Å². The second-order valence-corrected chi connectivity index (χ2v) is 7.20. The van der Waals surface area contributed by atoms with Gasteiger partial charge in [0.1, 0.15) is 5.69 Å². The lowest BCUT2D eigenvalue weighted by Gasteiger charge is -2.24. The van der Waals surface area contributed by atoms with Crippen LogP contribution in [0.5, 0.6) is 0 Å². The van der Waals surface area contributed by atoms with E-state index in [4.69, 9.17) is 5.73 Å². The van der Waals surface area contributed by atoms with E-state index in [0.29, 0.717) is 11.4 Å². The number of nitrogens with zero attached hydrogens (tertiary/aromatic N) is 2. The summed E-state index contributed by atoms with van der Waals surface area (Å²) in [5.74, 6) is 0. The van der Waals surface area contributed by atoms with Gasteiger partial charge in [-0.1, -0.05) is 36.4 Å². The summed E-state index contributed by atoms with van der Waals surface area (Å²) in [5, 5.41) is 11.1. The maximum atomic E-state index is 13.3. The van der Waals surface area contributed by atoms with Gasteiger partial charge in [-0.2, -0.15) is 0 Å². The molecule has 3 aromatic carbocycles. The predicted molar refractivity (Wildman–Crippen MR) is 99.7 cm³/mol. The molecule has 7 nitrogen and oxygen atoms in total. The van der Waals surface area contributed by atoms with Crippen LogP contribution >= 0.6 is 0 Å². The highest BCUT2D eigenvalue weighted by molar-refractivity contribution is 7.93. The molecule has 0 amide bonds. The number of rotatable bonds is 5. The number of hydrogen-bond acceptors (Lipinski definition) is 5. The number of hydrogen-bond donors (Lipinski definition) is 1. The molecule has 0 aliphatic heterocycles. The van der Waals surface area contributed by atoms with Gasteiger partial charge in [0.15, 0.2) is 0 Å². The maximum absolute atomic E-state index is 13.3. The number of nitro benzene ring substituents is 1. The van der Waals surface area contributed by atoms with Crippen LogP contribution in [0.1, 0.15) is 0 Å². The van der Waals surface area contributed by atoms with Gasteiger partial charge in [0.05, 0.1) is 21.2 Å². The molecule has 0 atom stereocenters. The Morgan fingerprint density at radius 1 is 0.846 bits per heavy atom. The molecular weight excluding hydrogens is 354 g/mol. The Morgan fingerprint density at radius 2 is 1.35 bits per heavy atom. The van der Waals surface area contributed by atoms with Gasteiger partial charge in [0.2, 0.25) is 0 Å². The lowest BCUT2D eigenvalue weighted by Crippen LogP contribution is -2.26. The van der Waals surface area contributed by atoms with Crippen molar-refractivity contribution in [1.82, 2.24) is 0 Å². The molecule has 132 valence electrons. The highest BCUT2D eigenvalue weighted by Crippen LogP contribution is 2.34. The first-order valence-corrected chi connectivity index (χ1v) is 9.04. The minimum Gasteiger partial charge on any atom is -0.393 e. The Morgan fingerprint density at radius 3 is 1.81 bits per heavy atom. The van der Waals surface area contributed by atoms with Crippen LogP contribution in [-0.2, 0) is 10.0 Å². The van der Waals surface area contributed by atoms with Crippen LogP contribution in [0.2, 0.25) is 0 Å². The summed E-state index contributed by atoms with van der Waals surface area (Å²) >= 11 is 0. The van der Waals surface area contributed by atoms with Gasteiger partial charge in [0.25, 0.3) is 15.7 Å². The monoisotopic (exact) mass is 369 g/mol. The van der Waals surface area contributed by atoms with E-state index in [1.165, 1.54) is 12.1 Å². The molecule has 3 rings (SSSR count). The topological polar surface area (TPSA) is 107 Å². The van der Waals surface area contributed by atoms with Gasteiger partial charge in [-0.3, -0.25) is 10.1 Å². The molecule has 8 heteroatoms. The molecule has 0 aromatic heterocycles. The van der Waals surface area contributed by atoms with Crippen molar-refractivity contribution in [3.63, 3.8) is 0 Å². The molecule has 0 aliphatic carbocycles. The average molecular weight is 369 g/mol. The van der Waals surface area contributed by atoms with E-state index in [-0.39, 0.29) is 10.6 Å². The summed E-state index contributed by atoms with van der Waals surface area (Å²) < 4.78 is 27.7. The van der Waals surface area contributed by atoms with E-state index in [2.05, 4.69) is 0 Å². The second-order valence-electron chi connectivity index (χ2n) is 5.42. The Kier molecular flexibility index (Phi) is 4.59. The number of nitrogen functional groups attached to an aromatic ring is 1. The Bertz CT molecular complexity index is 999. The van der Waals surface area contributed by atoms with Crippen molar-refractivity contribution in [2.24, 2.45) is 0 Å². The third-order valence-electron chi connectivity index (χ3n) is 3.72. The molecule has 0 heterocycles. The van der Waals surface area contributed by atoms with E-state index in [1.807, 2.05) is 0 Å².